The van der Waals surface area contributed by atoms with Crippen molar-refractivity contribution in [2.24, 2.45) is 11.3 Å². The lowest BCUT2D eigenvalue weighted by atomic mass is 9.54. The molecule has 3 fully saturated rings. The van der Waals surface area contributed by atoms with Crippen LogP contribution < -0.4 is 0 Å². The topological polar surface area (TPSA) is 79.0 Å². The van der Waals surface area contributed by atoms with Gasteiger partial charge in [-0.15, -0.1) is 11.6 Å². The Morgan fingerprint density at radius 2 is 1.94 bits per heavy atom. The number of rotatable bonds is 2. The molecule has 2 aromatic rings. The Morgan fingerprint density at radius 1 is 1.14 bits per heavy atom. The van der Waals surface area contributed by atoms with Gasteiger partial charge >= 0.3 is 0 Å². The van der Waals surface area contributed by atoms with Crippen LogP contribution in [0.2, 0.25) is 0 Å². The first kappa shape index (κ1) is 23.4. The smallest absolute Gasteiger partial charge is 0.192 e. The van der Waals surface area contributed by atoms with Crippen LogP contribution in [-0.2, 0) is 4.74 Å². The number of likely N-dealkylation sites (N-methyl/N-ethyl adjacent to an activating group) is 1. The first-order valence-electron chi connectivity index (χ1n) is 13.3. The molecular weight excluding hydrogens is 476 g/mol. The molecule has 7 heteroatoms. The van der Waals surface area contributed by atoms with Crippen molar-refractivity contribution in [2.75, 3.05) is 14.1 Å². The quantitative estimate of drug-likeness (QED) is 0.454. The monoisotopic (exact) mass is 510 g/mol. The number of benzene rings is 1. The first-order chi connectivity index (χ1) is 17.0. The Labute approximate surface area is 217 Å². The summed E-state index contributed by atoms with van der Waals surface area (Å²) >= 11 is 7.54. The minimum Gasteiger partial charge on any atom is -0.441 e. The van der Waals surface area contributed by atoms with Crippen LogP contribution in [0, 0.1) is 18.3 Å². The van der Waals surface area contributed by atoms with E-state index in [9.17, 15) is 10.2 Å². The highest BCUT2D eigenvalue weighted by molar-refractivity contribution is 6.26. The molecule has 36 heavy (non-hydrogen) atoms. The molecule has 192 valence electrons. The highest BCUT2D eigenvalue weighted by atomic mass is 35.5. The summed E-state index contributed by atoms with van der Waals surface area (Å²) in [6.07, 6.45) is 7.67. The molecule has 2 bridgehead atoms. The Morgan fingerprint density at radius 3 is 2.72 bits per heavy atom. The van der Waals surface area contributed by atoms with Crippen molar-refractivity contribution in [3.05, 3.63) is 47.4 Å². The van der Waals surface area contributed by atoms with Gasteiger partial charge in [0, 0.05) is 18.9 Å². The van der Waals surface area contributed by atoms with Gasteiger partial charge in [0.15, 0.2) is 11.5 Å². The van der Waals surface area contributed by atoms with Gasteiger partial charge in [-0.2, -0.15) is 0 Å². The van der Waals surface area contributed by atoms with Crippen LogP contribution in [0.3, 0.4) is 0 Å². The number of fused-ring (bicyclic) bond motifs is 2. The third-order valence-corrected chi connectivity index (χ3v) is 11.1. The van der Waals surface area contributed by atoms with Crippen molar-refractivity contribution in [2.45, 2.75) is 86.7 Å². The molecule has 6 nitrogen and oxygen atoms in total. The van der Waals surface area contributed by atoms with E-state index in [0.717, 1.165) is 48.8 Å². The second-order valence-corrected chi connectivity index (χ2v) is 13.0. The maximum absolute atomic E-state index is 11.2. The minimum atomic E-state index is -0.958. The molecule has 0 radical (unpaired) electrons. The fourth-order valence-corrected chi connectivity index (χ4v) is 9.11. The lowest BCUT2D eigenvalue weighted by molar-refractivity contribution is -0.199. The van der Waals surface area contributed by atoms with E-state index in [1.165, 1.54) is 11.1 Å². The van der Waals surface area contributed by atoms with Crippen LogP contribution in [0.25, 0.3) is 16.7 Å². The van der Waals surface area contributed by atoms with Crippen molar-refractivity contribution >= 4 is 28.3 Å². The maximum Gasteiger partial charge on any atom is 0.192 e. The van der Waals surface area contributed by atoms with Crippen molar-refractivity contribution in [3.8, 4) is 0 Å². The summed E-state index contributed by atoms with van der Waals surface area (Å²) in [5, 5.41) is 22.1. The predicted molar refractivity (Wildman–Crippen MR) is 139 cm³/mol. The third kappa shape index (κ3) is 2.75. The molecule has 2 aliphatic heterocycles. The van der Waals surface area contributed by atoms with Crippen LogP contribution in [0.4, 0.5) is 0 Å². The number of hydrogen-bond donors (Lipinski definition) is 2. The van der Waals surface area contributed by atoms with Gasteiger partial charge in [0.2, 0.25) is 0 Å². The van der Waals surface area contributed by atoms with Crippen molar-refractivity contribution in [3.63, 3.8) is 0 Å². The highest BCUT2D eigenvalue weighted by Crippen LogP contribution is 2.71. The van der Waals surface area contributed by atoms with Gasteiger partial charge in [0.25, 0.3) is 0 Å². The van der Waals surface area contributed by atoms with E-state index < -0.39 is 28.3 Å². The molecule has 8 atom stereocenters. The largest absolute Gasteiger partial charge is 0.441 e. The SMILES string of the molecule is Cc1nc2ccc(C3=CCC4[C@@]56CC[C@]7(C[C@H](N(C)C)[C@@H](O)[C@H](O)C7=CC5(Cl)CC[C@]34C)O6)cc2o1. The van der Waals surface area contributed by atoms with Crippen LogP contribution in [-0.4, -0.2) is 68.5 Å². The van der Waals surface area contributed by atoms with Crippen molar-refractivity contribution in [1.29, 1.82) is 0 Å². The summed E-state index contributed by atoms with van der Waals surface area (Å²) < 4.78 is 13.1. The second-order valence-electron chi connectivity index (χ2n) is 12.4. The zero-order valence-corrected chi connectivity index (χ0v) is 22.2. The van der Waals surface area contributed by atoms with Gasteiger partial charge in [0.05, 0.1) is 22.2 Å². The first-order valence-corrected chi connectivity index (χ1v) is 13.6. The predicted octanol–water partition coefficient (Wildman–Crippen LogP) is 4.60. The number of oxazole rings is 1. The van der Waals surface area contributed by atoms with E-state index in [4.69, 9.17) is 20.8 Å². The molecule has 5 aliphatic rings. The maximum atomic E-state index is 11.2. The number of aliphatic hydroxyl groups is 2. The summed E-state index contributed by atoms with van der Waals surface area (Å²) in [5.74, 6) is 0.915. The van der Waals surface area contributed by atoms with E-state index in [1.807, 2.05) is 25.9 Å². The Hall–Kier alpha value is -1.70. The van der Waals surface area contributed by atoms with Gasteiger partial charge < -0.3 is 24.3 Å². The zero-order valence-electron chi connectivity index (χ0n) is 21.4. The molecule has 1 aromatic carbocycles. The normalized spacial score (nSPS) is 45.3. The van der Waals surface area contributed by atoms with Gasteiger partial charge in [0.1, 0.15) is 11.6 Å². The Bertz CT molecular complexity index is 1330. The van der Waals surface area contributed by atoms with Crippen molar-refractivity contribution < 1.29 is 19.4 Å². The number of halogens is 1. The number of aromatic nitrogens is 1. The van der Waals surface area contributed by atoms with Gasteiger partial charge in [-0.3, -0.25) is 0 Å². The average molecular weight is 511 g/mol. The van der Waals surface area contributed by atoms with Crippen LogP contribution in [0.1, 0.15) is 56.9 Å². The van der Waals surface area contributed by atoms with E-state index >= 15 is 0 Å². The lowest BCUT2D eigenvalue weighted by Crippen LogP contribution is -2.68. The van der Waals surface area contributed by atoms with Crippen LogP contribution >= 0.6 is 11.6 Å². The summed E-state index contributed by atoms with van der Waals surface area (Å²) in [6, 6.07) is 6.18. The Kier molecular flexibility index (Phi) is 4.71. The second kappa shape index (κ2) is 7.23. The molecule has 2 spiro atoms. The van der Waals surface area contributed by atoms with E-state index in [0.29, 0.717) is 12.3 Å². The average Bonchev–Trinajstić information content (AvgIpc) is 3.49. The number of aryl methyl sites for hydroxylation is 1. The van der Waals surface area contributed by atoms with Crippen LogP contribution in [0.15, 0.2) is 40.3 Å². The molecule has 1 saturated heterocycles. The number of allylic oxidation sites excluding steroid dienone is 2. The summed E-state index contributed by atoms with van der Waals surface area (Å²) in [7, 11) is 3.92. The third-order valence-electron chi connectivity index (χ3n) is 10.4. The van der Waals surface area contributed by atoms with E-state index in [-0.39, 0.29) is 17.4 Å². The van der Waals surface area contributed by atoms with Gasteiger partial charge in [-0.25, -0.2) is 4.98 Å². The molecule has 7 rings (SSSR count). The minimum absolute atomic E-state index is 0.0776. The van der Waals surface area contributed by atoms with Gasteiger partial charge in [-0.05, 0) is 86.9 Å². The standard InChI is InChI=1S/C29H35ClN2O4/c1-16-31-20-7-5-17(13-22(20)35-16)18-6-8-23-26(18,2)9-11-28(30)14-19-24(33)25(34)21(32(3)4)15-27(19)10-12-29(23,28)36-27/h5-7,13-14,21,23-25,33-34H,8-12,15H2,1-4H3/t21-,23?,24+,25+,26+,27+,28?,29-/m0/s1. The van der Waals surface area contributed by atoms with Crippen LogP contribution in [0.5, 0.6) is 0 Å². The fourth-order valence-electron chi connectivity index (χ4n) is 8.64. The molecule has 1 aromatic heterocycles. The fraction of sp³-hybridized carbons (Fsp3) is 0.621. The Balaban J connectivity index is 1.30. The number of hydrogen-bond acceptors (Lipinski definition) is 6. The number of alkyl halides is 1. The molecule has 3 aliphatic carbocycles. The van der Waals surface area contributed by atoms with Crippen molar-refractivity contribution in [1.82, 2.24) is 9.88 Å². The number of aliphatic hydroxyl groups excluding tert-OH is 2. The number of nitrogens with zero attached hydrogens (tertiary/aromatic N) is 2. The summed E-state index contributed by atoms with van der Waals surface area (Å²) in [4.78, 5) is 5.79. The van der Waals surface area contributed by atoms with Gasteiger partial charge in [-0.1, -0.05) is 25.1 Å². The molecule has 2 saturated carbocycles. The molecule has 2 unspecified atom stereocenters. The number of ether oxygens (including phenoxy) is 1. The molecule has 3 heterocycles. The highest BCUT2D eigenvalue weighted by Gasteiger charge is 2.73. The zero-order chi connectivity index (χ0) is 25.3. The summed E-state index contributed by atoms with van der Waals surface area (Å²) in [5.41, 5.74) is 3.90. The molecule has 0 amide bonds. The molecule has 2 N–H and O–H groups in total. The van der Waals surface area contributed by atoms with E-state index in [2.05, 4.69) is 42.3 Å². The lowest BCUT2D eigenvalue weighted by Gasteiger charge is -2.61. The van der Waals surface area contributed by atoms with E-state index in [1.54, 1.807) is 0 Å². The molecular formula is C29H35ClN2O4. The summed E-state index contributed by atoms with van der Waals surface area (Å²) in [6.45, 7) is 4.26.